The van der Waals surface area contributed by atoms with Crippen LogP contribution in [0.3, 0.4) is 0 Å². The van der Waals surface area contributed by atoms with Crippen LogP contribution >= 0.6 is 27.5 Å². The van der Waals surface area contributed by atoms with E-state index < -0.39 is 11.8 Å². The maximum atomic E-state index is 13.5. The number of benzene rings is 1. The SMILES string of the molecule is COC(=O)c1cnc2c(F)ccc(Br)c2c1Cl. The molecule has 0 aliphatic carbocycles. The van der Waals surface area contributed by atoms with Crippen molar-refractivity contribution in [3.63, 3.8) is 0 Å². The van der Waals surface area contributed by atoms with Crippen LogP contribution < -0.4 is 0 Å². The van der Waals surface area contributed by atoms with E-state index in [1.807, 2.05) is 0 Å². The molecule has 0 saturated carbocycles. The number of ether oxygens (including phenoxy) is 1. The zero-order valence-corrected chi connectivity index (χ0v) is 11.0. The Kier molecular flexibility index (Phi) is 3.31. The fraction of sp³-hybridized carbons (Fsp3) is 0.0909. The molecule has 1 aromatic heterocycles. The van der Waals surface area contributed by atoms with Crippen molar-refractivity contribution < 1.29 is 13.9 Å². The first-order valence-corrected chi connectivity index (χ1v) is 5.74. The molecule has 0 amide bonds. The fourth-order valence-corrected chi connectivity index (χ4v) is 2.40. The van der Waals surface area contributed by atoms with Crippen LogP contribution in [0.1, 0.15) is 10.4 Å². The molecule has 0 unspecified atom stereocenters. The molecular formula is C11H6BrClFNO2. The number of halogens is 3. The van der Waals surface area contributed by atoms with E-state index in [9.17, 15) is 9.18 Å². The highest BCUT2D eigenvalue weighted by molar-refractivity contribution is 9.10. The molecule has 0 radical (unpaired) electrons. The van der Waals surface area contributed by atoms with Crippen molar-refractivity contribution in [3.8, 4) is 0 Å². The molecule has 88 valence electrons. The highest BCUT2D eigenvalue weighted by atomic mass is 79.9. The molecule has 0 aliphatic rings. The van der Waals surface area contributed by atoms with Crippen LogP contribution in [0.5, 0.6) is 0 Å². The largest absolute Gasteiger partial charge is 0.465 e. The minimum atomic E-state index is -0.611. The van der Waals surface area contributed by atoms with Crippen LogP contribution in [-0.4, -0.2) is 18.1 Å². The Balaban J connectivity index is 2.84. The van der Waals surface area contributed by atoms with Gasteiger partial charge in [-0.15, -0.1) is 0 Å². The predicted octanol–water partition coefficient (Wildman–Crippen LogP) is 3.58. The molecule has 0 N–H and O–H groups in total. The van der Waals surface area contributed by atoms with Crippen LogP contribution in [0.2, 0.25) is 5.02 Å². The summed E-state index contributed by atoms with van der Waals surface area (Å²) >= 11 is 9.30. The third-order valence-corrected chi connectivity index (χ3v) is 3.32. The maximum absolute atomic E-state index is 13.5. The topological polar surface area (TPSA) is 39.2 Å². The fourth-order valence-electron chi connectivity index (χ4n) is 1.45. The molecular weight excluding hydrogens is 312 g/mol. The number of carbonyl (C=O) groups is 1. The van der Waals surface area contributed by atoms with Gasteiger partial charge in [0.25, 0.3) is 0 Å². The van der Waals surface area contributed by atoms with Crippen molar-refractivity contribution >= 4 is 44.4 Å². The minimum Gasteiger partial charge on any atom is -0.465 e. The van der Waals surface area contributed by atoms with Gasteiger partial charge in [-0.1, -0.05) is 27.5 Å². The Bertz CT molecular complexity index is 618. The van der Waals surface area contributed by atoms with Gasteiger partial charge in [0.1, 0.15) is 11.3 Å². The van der Waals surface area contributed by atoms with Crippen molar-refractivity contribution in [2.24, 2.45) is 0 Å². The van der Waals surface area contributed by atoms with Gasteiger partial charge in [0, 0.05) is 16.1 Å². The van der Waals surface area contributed by atoms with E-state index in [1.165, 1.54) is 25.4 Å². The number of hydrogen-bond donors (Lipinski definition) is 0. The Morgan fingerprint density at radius 1 is 1.53 bits per heavy atom. The maximum Gasteiger partial charge on any atom is 0.340 e. The molecule has 1 aromatic carbocycles. The third-order valence-electron chi connectivity index (χ3n) is 2.26. The highest BCUT2D eigenvalue weighted by Gasteiger charge is 2.17. The molecule has 6 heteroatoms. The summed E-state index contributed by atoms with van der Waals surface area (Å²) in [7, 11) is 1.24. The lowest BCUT2D eigenvalue weighted by Gasteiger charge is -2.07. The van der Waals surface area contributed by atoms with Crippen molar-refractivity contribution in [1.29, 1.82) is 0 Å². The Morgan fingerprint density at radius 2 is 2.24 bits per heavy atom. The average Bonchev–Trinajstić information content (AvgIpc) is 2.33. The molecule has 0 spiro atoms. The van der Waals surface area contributed by atoms with Crippen LogP contribution in [0.25, 0.3) is 10.9 Å². The number of methoxy groups -OCH3 is 1. The number of hydrogen-bond acceptors (Lipinski definition) is 3. The van der Waals surface area contributed by atoms with E-state index in [0.29, 0.717) is 9.86 Å². The van der Waals surface area contributed by atoms with E-state index in [1.54, 1.807) is 0 Å². The lowest BCUT2D eigenvalue weighted by molar-refractivity contribution is 0.0600. The number of pyridine rings is 1. The zero-order chi connectivity index (χ0) is 12.6. The molecule has 17 heavy (non-hydrogen) atoms. The molecule has 3 nitrogen and oxygen atoms in total. The molecule has 0 fully saturated rings. The quantitative estimate of drug-likeness (QED) is 0.755. The van der Waals surface area contributed by atoms with Crippen molar-refractivity contribution in [3.05, 3.63) is 39.2 Å². The second-order valence-corrected chi connectivity index (χ2v) is 4.46. The lowest BCUT2D eigenvalue weighted by atomic mass is 10.1. The summed E-state index contributed by atoms with van der Waals surface area (Å²) in [6.07, 6.45) is 1.20. The Hall–Kier alpha value is -1.20. The summed E-state index contributed by atoms with van der Waals surface area (Å²) in [5.41, 5.74) is 0.213. The molecule has 0 bridgehead atoms. The number of esters is 1. The van der Waals surface area contributed by atoms with Crippen molar-refractivity contribution in [2.75, 3.05) is 7.11 Å². The van der Waals surface area contributed by atoms with Gasteiger partial charge in [-0.05, 0) is 12.1 Å². The summed E-state index contributed by atoms with van der Waals surface area (Å²) in [4.78, 5) is 15.3. The van der Waals surface area contributed by atoms with E-state index in [2.05, 4.69) is 25.7 Å². The number of rotatable bonds is 1. The average molecular weight is 319 g/mol. The first-order valence-electron chi connectivity index (χ1n) is 4.56. The summed E-state index contributed by atoms with van der Waals surface area (Å²) in [6, 6.07) is 2.78. The highest BCUT2D eigenvalue weighted by Crippen LogP contribution is 2.33. The van der Waals surface area contributed by atoms with E-state index in [4.69, 9.17) is 11.6 Å². The summed E-state index contributed by atoms with van der Waals surface area (Å²) in [6.45, 7) is 0. The number of carbonyl (C=O) groups excluding carboxylic acids is 1. The standard InChI is InChI=1S/C11H6BrClFNO2/c1-17-11(16)5-4-15-10-7(14)3-2-6(12)8(10)9(5)13/h2-4H,1H3. The Labute approximate surface area is 110 Å². The van der Waals surface area contributed by atoms with E-state index in [0.717, 1.165) is 0 Å². The van der Waals surface area contributed by atoms with Gasteiger partial charge in [0.05, 0.1) is 17.7 Å². The monoisotopic (exact) mass is 317 g/mol. The van der Waals surface area contributed by atoms with Gasteiger partial charge in [0.2, 0.25) is 0 Å². The lowest BCUT2D eigenvalue weighted by Crippen LogP contribution is -2.04. The third kappa shape index (κ3) is 2.00. The second kappa shape index (κ2) is 4.58. The molecule has 1 heterocycles. The van der Waals surface area contributed by atoms with E-state index in [-0.39, 0.29) is 16.1 Å². The van der Waals surface area contributed by atoms with Crippen molar-refractivity contribution in [1.82, 2.24) is 4.98 Å². The van der Waals surface area contributed by atoms with Gasteiger partial charge >= 0.3 is 5.97 Å². The normalized spacial score (nSPS) is 10.6. The van der Waals surface area contributed by atoms with E-state index >= 15 is 0 Å². The van der Waals surface area contributed by atoms with Gasteiger partial charge in [-0.3, -0.25) is 4.98 Å². The van der Waals surface area contributed by atoms with Crippen LogP contribution in [-0.2, 0) is 4.74 Å². The van der Waals surface area contributed by atoms with Crippen molar-refractivity contribution in [2.45, 2.75) is 0 Å². The number of aromatic nitrogens is 1. The molecule has 2 rings (SSSR count). The molecule has 0 aliphatic heterocycles. The first kappa shape index (κ1) is 12.3. The number of fused-ring (bicyclic) bond motifs is 1. The minimum absolute atomic E-state index is 0.105. The zero-order valence-electron chi connectivity index (χ0n) is 8.63. The summed E-state index contributed by atoms with van der Waals surface area (Å²) < 4.78 is 18.6. The van der Waals surface area contributed by atoms with Gasteiger partial charge in [-0.25, -0.2) is 9.18 Å². The smallest absolute Gasteiger partial charge is 0.340 e. The molecule has 0 saturated heterocycles. The first-order chi connectivity index (χ1) is 8.06. The predicted molar refractivity (Wildman–Crippen MR) is 65.8 cm³/mol. The second-order valence-electron chi connectivity index (χ2n) is 3.23. The van der Waals surface area contributed by atoms with Gasteiger partial charge in [0.15, 0.2) is 0 Å². The van der Waals surface area contributed by atoms with Crippen LogP contribution in [0, 0.1) is 5.82 Å². The Morgan fingerprint density at radius 3 is 2.88 bits per heavy atom. The van der Waals surface area contributed by atoms with Crippen LogP contribution in [0.4, 0.5) is 4.39 Å². The summed E-state index contributed by atoms with van der Waals surface area (Å²) in [5.74, 6) is -1.11. The van der Waals surface area contributed by atoms with Gasteiger partial charge in [-0.2, -0.15) is 0 Å². The van der Waals surface area contributed by atoms with Crippen LogP contribution in [0.15, 0.2) is 22.8 Å². The van der Waals surface area contributed by atoms with Gasteiger partial charge < -0.3 is 4.74 Å². The number of nitrogens with zero attached hydrogens (tertiary/aromatic N) is 1. The molecule has 0 atom stereocenters. The molecule has 2 aromatic rings. The summed E-state index contributed by atoms with van der Waals surface area (Å²) in [5, 5.41) is 0.475.